The SMILES string of the molecule is O=C(COCc1ccc(CCCc2ccccc2)cc1)Oc1ccc(CCO)cc1O. The van der Waals surface area contributed by atoms with Crippen molar-refractivity contribution in [2.75, 3.05) is 13.2 Å². The molecule has 5 heteroatoms. The molecule has 0 heterocycles. The van der Waals surface area contributed by atoms with Gasteiger partial charge in [0.25, 0.3) is 0 Å². The molecule has 2 N–H and O–H groups in total. The molecule has 3 aromatic rings. The average molecular weight is 421 g/mol. The molecular formula is C26H28O5. The van der Waals surface area contributed by atoms with Crippen molar-refractivity contribution in [2.24, 2.45) is 0 Å². The zero-order chi connectivity index (χ0) is 21.9. The smallest absolute Gasteiger partial charge is 0.337 e. The quantitative estimate of drug-likeness (QED) is 0.359. The van der Waals surface area contributed by atoms with Gasteiger partial charge in [-0.15, -0.1) is 0 Å². The molecule has 0 aliphatic carbocycles. The predicted molar refractivity (Wildman–Crippen MR) is 119 cm³/mol. The van der Waals surface area contributed by atoms with Gasteiger partial charge in [-0.2, -0.15) is 0 Å². The number of aromatic hydroxyl groups is 1. The third-order valence-electron chi connectivity index (χ3n) is 4.93. The van der Waals surface area contributed by atoms with Crippen LogP contribution in [0.1, 0.15) is 28.7 Å². The number of hydrogen-bond acceptors (Lipinski definition) is 5. The summed E-state index contributed by atoms with van der Waals surface area (Å²) < 4.78 is 10.6. The maximum atomic E-state index is 12.0. The fourth-order valence-electron chi connectivity index (χ4n) is 3.28. The first-order chi connectivity index (χ1) is 15.1. The Morgan fingerprint density at radius 1 is 0.774 bits per heavy atom. The fraction of sp³-hybridized carbons (Fsp3) is 0.269. The highest BCUT2D eigenvalue weighted by molar-refractivity contribution is 5.74. The summed E-state index contributed by atoms with van der Waals surface area (Å²) in [4.78, 5) is 12.0. The second-order valence-corrected chi connectivity index (χ2v) is 7.40. The van der Waals surface area contributed by atoms with Gasteiger partial charge in [-0.1, -0.05) is 60.7 Å². The highest BCUT2D eigenvalue weighted by Crippen LogP contribution is 2.27. The Labute approximate surface area is 182 Å². The van der Waals surface area contributed by atoms with Gasteiger partial charge in [0.15, 0.2) is 11.5 Å². The van der Waals surface area contributed by atoms with Crippen LogP contribution < -0.4 is 4.74 Å². The van der Waals surface area contributed by atoms with Gasteiger partial charge < -0.3 is 19.7 Å². The summed E-state index contributed by atoms with van der Waals surface area (Å²) in [6.45, 7) is 0.0819. The molecule has 0 saturated carbocycles. The van der Waals surface area contributed by atoms with E-state index in [1.54, 1.807) is 6.07 Å². The van der Waals surface area contributed by atoms with Crippen molar-refractivity contribution < 1.29 is 24.5 Å². The Bertz CT molecular complexity index is 951. The molecule has 3 rings (SSSR count). The summed E-state index contributed by atoms with van der Waals surface area (Å²) in [5, 5.41) is 18.9. The lowest BCUT2D eigenvalue weighted by Crippen LogP contribution is -2.15. The predicted octanol–water partition coefficient (Wildman–Crippen LogP) is 4.22. The molecule has 0 saturated heterocycles. The van der Waals surface area contributed by atoms with E-state index >= 15 is 0 Å². The number of aliphatic hydroxyl groups is 1. The largest absolute Gasteiger partial charge is 0.504 e. The van der Waals surface area contributed by atoms with Crippen LogP contribution in [-0.2, 0) is 35.4 Å². The minimum absolute atomic E-state index is 0.0128. The molecule has 0 bridgehead atoms. The highest BCUT2D eigenvalue weighted by atomic mass is 16.6. The average Bonchev–Trinajstić information content (AvgIpc) is 2.78. The highest BCUT2D eigenvalue weighted by Gasteiger charge is 2.10. The van der Waals surface area contributed by atoms with Gasteiger partial charge in [0.2, 0.25) is 0 Å². The number of phenols is 1. The van der Waals surface area contributed by atoms with E-state index in [1.165, 1.54) is 23.3 Å². The summed E-state index contributed by atoms with van der Waals surface area (Å²) in [6, 6.07) is 23.3. The van der Waals surface area contributed by atoms with Crippen molar-refractivity contribution in [3.05, 3.63) is 95.1 Å². The monoisotopic (exact) mass is 420 g/mol. The number of aliphatic hydroxyl groups excluding tert-OH is 1. The maximum absolute atomic E-state index is 12.0. The first-order valence-electron chi connectivity index (χ1n) is 10.5. The third-order valence-corrected chi connectivity index (χ3v) is 4.93. The van der Waals surface area contributed by atoms with E-state index in [-0.39, 0.29) is 24.7 Å². The number of carbonyl (C=O) groups excluding carboxylic acids is 1. The van der Waals surface area contributed by atoms with Crippen molar-refractivity contribution in [1.29, 1.82) is 0 Å². The van der Waals surface area contributed by atoms with Crippen molar-refractivity contribution in [3.63, 3.8) is 0 Å². The van der Waals surface area contributed by atoms with E-state index < -0.39 is 5.97 Å². The van der Waals surface area contributed by atoms with Crippen molar-refractivity contribution in [1.82, 2.24) is 0 Å². The lowest BCUT2D eigenvalue weighted by Gasteiger charge is -2.09. The molecule has 162 valence electrons. The molecule has 31 heavy (non-hydrogen) atoms. The molecule has 0 spiro atoms. The molecule has 0 fully saturated rings. The summed E-state index contributed by atoms with van der Waals surface area (Å²) in [6.07, 6.45) is 3.60. The molecule has 3 aromatic carbocycles. The number of benzene rings is 3. The van der Waals surface area contributed by atoms with Gasteiger partial charge >= 0.3 is 5.97 Å². The van der Waals surface area contributed by atoms with Crippen LogP contribution in [-0.4, -0.2) is 29.4 Å². The lowest BCUT2D eigenvalue weighted by atomic mass is 10.0. The maximum Gasteiger partial charge on any atom is 0.337 e. The van der Waals surface area contributed by atoms with E-state index in [0.29, 0.717) is 13.0 Å². The van der Waals surface area contributed by atoms with E-state index in [1.807, 2.05) is 18.2 Å². The molecule has 5 nitrogen and oxygen atoms in total. The van der Waals surface area contributed by atoms with Crippen molar-refractivity contribution >= 4 is 5.97 Å². The molecule has 0 amide bonds. The van der Waals surface area contributed by atoms with Gasteiger partial charge in [-0.3, -0.25) is 0 Å². The molecule has 0 aromatic heterocycles. The summed E-state index contributed by atoms with van der Waals surface area (Å²) in [5.41, 5.74) is 4.38. The zero-order valence-corrected chi connectivity index (χ0v) is 17.5. The number of rotatable bonds is 11. The van der Waals surface area contributed by atoms with Crippen LogP contribution in [0.25, 0.3) is 0 Å². The molecular weight excluding hydrogens is 392 g/mol. The standard InChI is InChI=1S/C26H28O5/c27-16-15-22-13-14-25(24(28)17-22)31-26(29)19-30-18-23-11-9-21(10-12-23)8-4-7-20-5-2-1-3-6-20/h1-3,5-6,9-14,17,27-28H,4,7-8,15-16,18-19H2. The number of aryl methyl sites for hydroxylation is 2. The first kappa shape index (κ1) is 22.5. The number of esters is 1. The van der Waals surface area contributed by atoms with Gasteiger partial charge in [-0.05, 0) is 60.1 Å². The Balaban J connectivity index is 1.37. The lowest BCUT2D eigenvalue weighted by molar-refractivity contribution is -0.140. The second kappa shape index (κ2) is 11.9. The number of hydrogen-bond donors (Lipinski definition) is 2. The third kappa shape index (κ3) is 7.55. The van der Waals surface area contributed by atoms with Crippen molar-refractivity contribution in [3.8, 4) is 11.5 Å². The Morgan fingerprint density at radius 3 is 2.10 bits per heavy atom. The van der Waals surface area contributed by atoms with Crippen LogP contribution in [0, 0.1) is 0 Å². The van der Waals surface area contributed by atoms with Gasteiger partial charge in [-0.25, -0.2) is 4.79 Å². The summed E-state index contributed by atoms with van der Waals surface area (Å²) in [5.74, 6) is -0.639. The minimum Gasteiger partial charge on any atom is -0.504 e. The van der Waals surface area contributed by atoms with Crippen LogP contribution in [0.2, 0.25) is 0 Å². The first-order valence-corrected chi connectivity index (χ1v) is 10.5. The van der Waals surface area contributed by atoms with E-state index in [2.05, 4.69) is 36.4 Å². The summed E-state index contributed by atoms with van der Waals surface area (Å²) >= 11 is 0. The van der Waals surface area contributed by atoms with E-state index in [4.69, 9.17) is 14.6 Å². The molecule has 0 aliphatic heterocycles. The van der Waals surface area contributed by atoms with Crippen LogP contribution in [0.3, 0.4) is 0 Å². The number of ether oxygens (including phenoxy) is 2. The number of carbonyl (C=O) groups is 1. The van der Waals surface area contributed by atoms with E-state index in [9.17, 15) is 9.90 Å². The fourth-order valence-corrected chi connectivity index (χ4v) is 3.28. The number of phenolic OH excluding ortho intramolecular Hbond substituents is 1. The van der Waals surface area contributed by atoms with Gasteiger partial charge in [0, 0.05) is 6.61 Å². The Morgan fingerprint density at radius 2 is 1.42 bits per heavy atom. The molecule has 0 aliphatic rings. The topological polar surface area (TPSA) is 76.0 Å². The van der Waals surface area contributed by atoms with Gasteiger partial charge in [0.05, 0.1) is 6.61 Å². The Kier molecular flexibility index (Phi) is 8.64. The summed E-state index contributed by atoms with van der Waals surface area (Å²) in [7, 11) is 0. The molecule has 0 radical (unpaired) electrons. The van der Waals surface area contributed by atoms with E-state index in [0.717, 1.165) is 30.4 Å². The normalized spacial score (nSPS) is 10.7. The molecule has 0 atom stereocenters. The van der Waals surface area contributed by atoms with Crippen LogP contribution in [0.4, 0.5) is 0 Å². The van der Waals surface area contributed by atoms with Crippen LogP contribution in [0.15, 0.2) is 72.8 Å². The second-order valence-electron chi connectivity index (χ2n) is 7.40. The zero-order valence-electron chi connectivity index (χ0n) is 17.5. The molecule has 0 unspecified atom stereocenters. The van der Waals surface area contributed by atoms with Gasteiger partial charge in [0.1, 0.15) is 6.61 Å². The minimum atomic E-state index is -0.581. The Hall–Kier alpha value is -3.15. The van der Waals surface area contributed by atoms with Crippen molar-refractivity contribution in [2.45, 2.75) is 32.3 Å². The van der Waals surface area contributed by atoms with Crippen LogP contribution in [0.5, 0.6) is 11.5 Å². The van der Waals surface area contributed by atoms with Crippen LogP contribution >= 0.6 is 0 Å².